The Bertz CT molecular complexity index is 894. The lowest BCUT2D eigenvalue weighted by atomic mass is 9.98. The maximum absolute atomic E-state index is 12.7. The van der Waals surface area contributed by atoms with Gasteiger partial charge in [-0.1, -0.05) is 12.1 Å². The van der Waals surface area contributed by atoms with E-state index in [1.54, 1.807) is 22.7 Å². The van der Waals surface area contributed by atoms with Crippen LogP contribution in [0.3, 0.4) is 0 Å². The lowest BCUT2D eigenvalue weighted by Crippen LogP contribution is -2.11. The number of hydrogen-bond acceptors (Lipinski definition) is 4. The van der Waals surface area contributed by atoms with Gasteiger partial charge in [0.15, 0.2) is 0 Å². The molecule has 2 aromatic heterocycles. The molecule has 3 aromatic rings. The van der Waals surface area contributed by atoms with Crippen LogP contribution < -0.4 is 10.1 Å². The summed E-state index contributed by atoms with van der Waals surface area (Å²) in [6, 6.07) is 11.8. The molecule has 1 aliphatic rings. The molecule has 1 aliphatic carbocycles. The third kappa shape index (κ3) is 2.74. The van der Waals surface area contributed by atoms with Crippen LogP contribution in [0.5, 0.6) is 5.75 Å². The van der Waals surface area contributed by atoms with Crippen LogP contribution in [0.25, 0.3) is 10.4 Å². The molecule has 3 nitrogen and oxygen atoms in total. The molecule has 1 N–H and O–H groups in total. The fourth-order valence-electron chi connectivity index (χ4n) is 2.97. The van der Waals surface area contributed by atoms with Crippen molar-refractivity contribution in [2.75, 3.05) is 11.9 Å². The molecule has 122 valence electrons. The van der Waals surface area contributed by atoms with E-state index in [1.165, 1.54) is 20.9 Å². The number of benzene rings is 1. The van der Waals surface area contributed by atoms with Crippen molar-refractivity contribution in [3.63, 3.8) is 0 Å². The topological polar surface area (TPSA) is 38.3 Å². The molecule has 0 aliphatic heterocycles. The number of fused-ring (bicyclic) bond motifs is 3. The Hall–Kier alpha value is -2.11. The van der Waals surface area contributed by atoms with Crippen molar-refractivity contribution < 1.29 is 9.53 Å². The van der Waals surface area contributed by atoms with E-state index in [0.717, 1.165) is 17.7 Å². The van der Waals surface area contributed by atoms with Gasteiger partial charge in [0.1, 0.15) is 5.75 Å². The standard InChI is InChI=1S/C19H17NO2S2/c1-2-22-15-6-4-3-5-14(15)20-19(21)17-11-12-7-8-16-13(9-10-23-16)18(12)24-17/h3-6,9-11H,2,7-8H2,1H3,(H,20,21). The number of amides is 1. The van der Waals surface area contributed by atoms with E-state index in [2.05, 4.69) is 16.8 Å². The molecule has 5 heteroatoms. The summed E-state index contributed by atoms with van der Waals surface area (Å²) in [6.07, 6.45) is 2.09. The summed E-state index contributed by atoms with van der Waals surface area (Å²) >= 11 is 3.39. The number of nitrogens with one attached hydrogen (secondary N) is 1. The zero-order valence-corrected chi connectivity index (χ0v) is 14.9. The van der Waals surface area contributed by atoms with E-state index in [-0.39, 0.29) is 5.91 Å². The summed E-state index contributed by atoms with van der Waals surface area (Å²) in [5.74, 6) is 0.633. The van der Waals surface area contributed by atoms with Crippen molar-refractivity contribution in [3.05, 3.63) is 57.1 Å². The second-order valence-electron chi connectivity index (χ2n) is 5.61. The zero-order chi connectivity index (χ0) is 16.5. The SMILES string of the molecule is CCOc1ccccc1NC(=O)c1cc2c(s1)-c1ccsc1CC2. The van der Waals surface area contributed by atoms with Crippen LogP contribution in [0.1, 0.15) is 27.0 Å². The van der Waals surface area contributed by atoms with Crippen molar-refractivity contribution in [1.82, 2.24) is 0 Å². The first-order chi connectivity index (χ1) is 11.8. The Kier molecular flexibility index (Phi) is 4.12. The fourth-order valence-corrected chi connectivity index (χ4v) is 5.08. The largest absolute Gasteiger partial charge is 0.492 e. The fraction of sp³-hybridized carbons (Fsp3) is 0.211. The summed E-state index contributed by atoms with van der Waals surface area (Å²) in [6.45, 7) is 2.51. The summed E-state index contributed by atoms with van der Waals surface area (Å²) in [5.41, 5.74) is 3.31. The smallest absolute Gasteiger partial charge is 0.265 e. The van der Waals surface area contributed by atoms with E-state index in [1.807, 2.05) is 37.3 Å². The summed E-state index contributed by atoms with van der Waals surface area (Å²) in [4.78, 5) is 16.1. The molecule has 24 heavy (non-hydrogen) atoms. The van der Waals surface area contributed by atoms with Gasteiger partial charge in [-0.25, -0.2) is 0 Å². The maximum Gasteiger partial charge on any atom is 0.265 e. The minimum absolute atomic E-state index is 0.0710. The van der Waals surface area contributed by atoms with Gasteiger partial charge in [-0.05, 0) is 55.0 Å². The molecule has 1 aromatic carbocycles. The highest BCUT2D eigenvalue weighted by Gasteiger charge is 2.22. The molecule has 0 fully saturated rings. The van der Waals surface area contributed by atoms with E-state index in [9.17, 15) is 4.79 Å². The molecule has 0 atom stereocenters. The highest BCUT2D eigenvalue weighted by Crippen LogP contribution is 2.42. The van der Waals surface area contributed by atoms with Gasteiger partial charge in [-0.15, -0.1) is 22.7 Å². The third-order valence-corrected chi connectivity index (χ3v) is 6.27. The van der Waals surface area contributed by atoms with Crippen LogP contribution in [-0.2, 0) is 12.8 Å². The van der Waals surface area contributed by atoms with E-state index < -0.39 is 0 Å². The lowest BCUT2D eigenvalue weighted by molar-refractivity contribution is 0.103. The third-order valence-electron chi connectivity index (χ3n) is 4.08. The van der Waals surface area contributed by atoms with Gasteiger partial charge in [0.2, 0.25) is 0 Å². The molecule has 0 saturated heterocycles. The first kappa shape index (κ1) is 15.4. The normalized spacial score (nSPS) is 12.4. The van der Waals surface area contributed by atoms with E-state index >= 15 is 0 Å². The Morgan fingerprint density at radius 2 is 2.12 bits per heavy atom. The van der Waals surface area contributed by atoms with Crippen LogP contribution in [0.2, 0.25) is 0 Å². The number of hydrogen-bond donors (Lipinski definition) is 1. The van der Waals surface area contributed by atoms with Crippen LogP contribution in [0.15, 0.2) is 41.8 Å². The van der Waals surface area contributed by atoms with Gasteiger partial charge in [0.25, 0.3) is 5.91 Å². The van der Waals surface area contributed by atoms with Gasteiger partial charge in [0, 0.05) is 15.3 Å². The first-order valence-corrected chi connectivity index (χ1v) is 9.68. The predicted octanol–water partition coefficient (Wildman–Crippen LogP) is 5.23. The minimum atomic E-state index is -0.0710. The maximum atomic E-state index is 12.7. The Morgan fingerprint density at radius 1 is 1.25 bits per heavy atom. The van der Waals surface area contributed by atoms with Crippen LogP contribution in [0, 0.1) is 0 Å². The average Bonchev–Trinajstić information content (AvgIpc) is 3.22. The monoisotopic (exact) mass is 355 g/mol. The lowest BCUT2D eigenvalue weighted by Gasteiger charge is -2.10. The molecule has 2 heterocycles. The van der Waals surface area contributed by atoms with Gasteiger partial charge < -0.3 is 10.1 Å². The first-order valence-electron chi connectivity index (χ1n) is 7.99. The molecular weight excluding hydrogens is 338 g/mol. The second kappa shape index (κ2) is 6.42. The Morgan fingerprint density at radius 3 is 3.00 bits per heavy atom. The molecule has 0 unspecified atom stereocenters. The van der Waals surface area contributed by atoms with Crippen molar-refractivity contribution in [1.29, 1.82) is 0 Å². The molecule has 0 radical (unpaired) electrons. The molecule has 0 spiro atoms. The van der Waals surface area contributed by atoms with Crippen molar-refractivity contribution >= 4 is 34.3 Å². The van der Waals surface area contributed by atoms with Crippen LogP contribution >= 0.6 is 22.7 Å². The number of carbonyl (C=O) groups is 1. The summed E-state index contributed by atoms with van der Waals surface area (Å²) < 4.78 is 5.58. The highest BCUT2D eigenvalue weighted by molar-refractivity contribution is 7.18. The predicted molar refractivity (Wildman–Crippen MR) is 101 cm³/mol. The average molecular weight is 355 g/mol. The van der Waals surface area contributed by atoms with E-state index in [4.69, 9.17) is 4.74 Å². The second-order valence-corrected chi connectivity index (χ2v) is 7.66. The quantitative estimate of drug-likeness (QED) is 0.696. The number of ether oxygens (including phenoxy) is 1. The van der Waals surface area contributed by atoms with Gasteiger partial charge in [-0.3, -0.25) is 4.79 Å². The number of rotatable bonds is 4. The highest BCUT2D eigenvalue weighted by atomic mass is 32.1. The molecule has 1 amide bonds. The number of aryl methyl sites for hydroxylation is 2. The van der Waals surface area contributed by atoms with Crippen LogP contribution in [-0.4, -0.2) is 12.5 Å². The van der Waals surface area contributed by atoms with Crippen LogP contribution in [0.4, 0.5) is 5.69 Å². The summed E-state index contributed by atoms with van der Waals surface area (Å²) in [5, 5.41) is 5.12. The Balaban J connectivity index is 1.61. The summed E-state index contributed by atoms with van der Waals surface area (Å²) in [7, 11) is 0. The van der Waals surface area contributed by atoms with Gasteiger partial charge >= 0.3 is 0 Å². The zero-order valence-electron chi connectivity index (χ0n) is 13.3. The van der Waals surface area contributed by atoms with Gasteiger partial charge in [0.05, 0.1) is 17.2 Å². The molecule has 0 bridgehead atoms. The van der Waals surface area contributed by atoms with Crippen molar-refractivity contribution in [2.24, 2.45) is 0 Å². The molecule has 0 saturated carbocycles. The number of para-hydroxylation sites is 2. The van der Waals surface area contributed by atoms with E-state index in [0.29, 0.717) is 18.0 Å². The van der Waals surface area contributed by atoms with Crippen molar-refractivity contribution in [3.8, 4) is 16.2 Å². The number of anilines is 1. The van der Waals surface area contributed by atoms with Gasteiger partial charge in [-0.2, -0.15) is 0 Å². The Labute approximate surface area is 148 Å². The number of carbonyl (C=O) groups excluding carboxylic acids is 1. The molecular formula is C19H17NO2S2. The van der Waals surface area contributed by atoms with Crippen molar-refractivity contribution in [2.45, 2.75) is 19.8 Å². The number of thiophene rings is 2. The molecule has 4 rings (SSSR count). The minimum Gasteiger partial charge on any atom is -0.492 e.